The number of benzene rings is 1. The summed E-state index contributed by atoms with van der Waals surface area (Å²) in [7, 11) is 1.68. The molecule has 1 aromatic carbocycles. The Morgan fingerprint density at radius 2 is 1.67 bits per heavy atom. The number of hydrogen-bond donors (Lipinski definition) is 1. The highest BCUT2D eigenvalue weighted by molar-refractivity contribution is 5.86. The monoisotopic (exact) mass is 291 g/mol. The molecule has 0 saturated carbocycles. The summed E-state index contributed by atoms with van der Waals surface area (Å²) in [5, 5.41) is 3.41. The van der Waals surface area contributed by atoms with Crippen LogP contribution < -0.4 is 10.1 Å². The van der Waals surface area contributed by atoms with Crippen molar-refractivity contribution in [2.45, 2.75) is 60.0 Å². The van der Waals surface area contributed by atoms with Gasteiger partial charge in [-0.2, -0.15) is 0 Å². The molecular formula is C18H29NO2. The molecule has 0 amide bonds. The lowest BCUT2D eigenvalue weighted by atomic mass is 9.90. The van der Waals surface area contributed by atoms with Gasteiger partial charge in [-0.3, -0.25) is 4.79 Å². The van der Waals surface area contributed by atoms with Crippen LogP contribution in [0, 0.1) is 19.8 Å². The maximum Gasteiger partial charge on any atom is 0.152 e. The Morgan fingerprint density at radius 3 is 2.05 bits per heavy atom. The molecule has 0 aromatic heterocycles. The van der Waals surface area contributed by atoms with Crippen molar-refractivity contribution in [2.24, 2.45) is 5.92 Å². The number of ketones is 1. The quantitative estimate of drug-likeness (QED) is 0.836. The lowest BCUT2D eigenvalue weighted by Crippen LogP contribution is -2.44. The van der Waals surface area contributed by atoms with Gasteiger partial charge in [0.1, 0.15) is 5.75 Å². The number of aryl methyl sites for hydroxylation is 2. The van der Waals surface area contributed by atoms with Gasteiger partial charge in [0, 0.05) is 12.0 Å². The zero-order chi connectivity index (χ0) is 16.2. The molecule has 1 N–H and O–H groups in total. The molecule has 0 heterocycles. The number of carbonyl (C=O) groups is 1. The molecule has 0 aliphatic heterocycles. The molecular weight excluding hydrogens is 262 g/mol. The van der Waals surface area contributed by atoms with Crippen molar-refractivity contribution in [3.63, 3.8) is 0 Å². The molecule has 0 spiro atoms. The highest BCUT2D eigenvalue weighted by atomic mass is 16.5. The smallest absolute Gasteiger partial charge is 0.152 e. The van der Waals surface area contributed by atoms with Crippen LogP contribution >= 0.6 is 0 Å². The number of methoxy groups -OCH3 is 1. The van der Waals surface area contributed by atoms with Crippen molar-refractivity contribution in [2.75, 3.05) is 7.11 Å². The Labute approximate surface area is 129 Å². The summed E-state index contributed by atoms with van der Waals surface area (Å²) in [6, 6.07) is 4.23. The Kier molecular flexibility index (Phi) is 6.41. The molecule has 21 heavy (non-hydrogen) atoms. The molecule has 0 radical (unpaired) electrons. The molecule has 1 rings (SSSR count). The highest BCUT2D eigenvalue weighted by Gasteiger charge is 2.23. The van der Waals surface area contributed by atoms with Crippen LogP contribution in [0.25, 0.3) is 0 Å². The summed E-state index contributed by atoms with van der Waals surface area (Å²) >= 11 is 0. The van der Waals surface area contributed by atoms with Crippen LogP contribution in [0.2, 0.25) is 0 Å². The normalized spacial score (nSPS) is 12.8. The predicted molar refractivity (Wildman–Crippen MR) is 88.1 cm³/mol. The largest absolute Gasteiger partial charge is 0.497 e. The lowest BCUT2D eigenvalue weighted by molar-refractivity contribution is -0.124. The molecule has 0 fully saturated rings. The van der Waals surface area contributed by atoms with E-state index in [4.69, 9.17) is 4.74 Å². The van der Waals surface area contributed by atoms with Crippen molar-refractivity contribution >= 4 is 5.78 Å². The second-order valence-corrected chi connectivity index (χ2v) is 6.37. The van der Waals surface area contributed by atoms with Gasteiger partial charge in [-0.25, -0.2) is 0 Å². The van der Waals surface area contributed by atoms with E-state index in [-0.39, 0.29) is 23.8 Å². The molecule has 0 aliphatic rings. The van der Waals surface area contributed by atoms with Gasteiger partial charge >= 0.3 is 0 Å². The number of ether oxygens (including phenoxy) is 1. The third-order valence-electron chi connectivity index (χ3n) is 3.76. The average molecular weight is 291 g/mol. The van der Waals surface area contributed by atoms with Crippen molar-refractivity contribution in [3.05, 3.63) is 28.8 Å². The number of nitrogens with one attached hydrogen (secondary N) is 1. The summed E-state index contributed by atoms with van der Waals surface area (Å²) in [4.78, 5) is 12.4. The van der Waals surface area contributed by atoms with Gasteiger partial charge in [0.2, 0.25) is 0 Å². The summed E-state index contributed by atoms with van der Waals surface area (Å²) in [5.74, 6) is 1.19. The third-order valence-corrected chi connectivity index (χ3v) is 3.76. The first kappa shape index (κ1) is 17.7. The van der Waals surface area contributed by atoms with Crippen LogP contribution in [0.1, 0.15) is 44.4 Å². The van der Waals surface area contributed by atoms with E-state index in [2.05, 4.69) is 33.0 Å². The summed E-state index contributed by atoms with van der Waals surface area (Å²) in [5.41, 5.74) is 3.60. The van der Waals surface area contributed by atoms with E-state index in [1.165, 1.54) is 16.7 Å². The molecule has 0 unspecified atom stereocenters. The highest BCUT2D eigenvalue weighted by Crippen LogP contribution is 2.23. The van der Waals surface area contributed by atoms with E-state index in [1.54, 1.807) is 7.11 Å². The van der Waals surface area contributed by atoms with E-state index < -0.39 is 0 Å². The molecule has 3 nitrogen and oxygen atoms in total. The van der Waals surface area contributed by atoms with E-state index in [0.717, 1.165) is 12.2 Å². The van der Waals surface area contributed by atoms with Crippen molar-refractivity contribution in [1.82, 2.24) is 5.32 Å². The maximum absolute atomic E-state index is 12.4. The molecule has 3 heteroatoms. The van der Waals surface area contributed by atoms with Gasteiger partial charge in [-0.05, 0) is 49.1 Å². The Morgan fingerprint density at radius 1 is 1.14 bits per heavy atom. The van der Waals surface area contributed by atoms with E-state index in [9.17, 15) is 4.79 Å². The fourth-order valence-electron chi connectivity index (χ4n) is 2.64. The number of rotatable bonds is 7. The van der Waals surface area contributed by atoms with Crippen LogP contribution in [-0.2, 0) is 11.2 Å². The lowest BCUT2D eigenvalue weighted by Gasteiger charge is -2.24. The summed E-state index contributed by atoms with van der Waals surface area (Å²) < 4.78 is 5.30. The molecule has 1 aromatic rings. The van der Waals surface area contributed by atoms with Crippen molar-refractivity contribution in [3.8, 4) is 5.75 Å². The SMILES string of the molecule is COc1cc(C)c(C[C@@H](NC(C)C)C(=O)C(C)C)c(C)c1. The van der Waals surface area contributed by atoms with Crippen LogP contribution in [0.5, 0.6) is 5.75 Å². The number of hydrogen-bond acceptors (Lipinski definition) is 3. The Balaban J connectivity index is 3.06. The second kappa shape index (κ2) is 7.60. The molecule has 0 saturated heterocycles. The third kappa shape index (κ3) is 4.85. The van der Waals surface area contributed by atoms with Gasteiger partial charge in [0.25, 0.3) is 0 Å². The summed E-state index contributed by atoms with van der Waals surface area (Å²) in [6.07, 6.45) is 0.733. The fourth-order valence-corrected chi connectivity index (χ4v) is 2.64. The van der Waals surface area contributed by atoms with Gasteiger partial charge in [-0.15, -0.1) is 0 Å². The minimum Gasteiger partial charge on any atom is -0.497 e. The first-order valence-electron chi connectivity index (χ1n) is 7.70. The van der Waals surface area contributed by atoms with E-state index in [1.807, 2.05) is 26.0 Å². The topological polar surface area (TPSA) is 38.3 Å². The van der Waals surface area contributed by atoms with E-state index >= 15 is 0 Å². The van der Waals surface area contributed by atoms with E-state index in [0.29, 0.717) is 0 Å². The summed E-state index contributed by atoms with van der Waals surface area (Å²) in [6.45, 7) is 12.2. The van der Waals surface area contributed by atoms with Crippen molar-refractivity contribution < 1.29 is 9.53 Å². The zero-order valence-electron chi connectivity index (χ0n) is 14.4. The molecule has 1 atom stereocenters. The Hall–Kier alpha value is -1.35. The van der Waals surface area contributed by atoms with Crippen molar-refractivity contribution in [1.29, 1.82) is 0 Å². The standard InChI is InChI=1S/C18H29NO2/c1-11(2)18(20)17(19-12(3)4)10-16-13(5)8-15(21-7)9-14(16)6/h8-9,11-12,17,19H,10H2,1-7H3/t17-/m1/s1. The fraction of sp³-hybridized carbons (Fsp3) is 0.611. The van der Waals surface area contributed by atoms with Gasteiger partial charge < -0.3 is 10.1 Å². The minimum atomic E-state index is -0.129. The van der Waals surface area contributed by atoms with Crippen LogP contribution in [-0.4, -0.2) is 25.0 Å². The second-order valence-electron chi connectivity index (χ2n) is 6.37. The van der Waals surface area contributed by atoms with Gasteiger partial charge in [-0.1, -0.05) is 27.7 Å². The first-order valence-corrected chi connectivity index (χ1v) is 7.70. The minimum absolute atomic E-state index is 0.0418. The molecule has 0 bridgehead atoms. The number of carbonyl (C=O) groups excluding carboxylic acids is 1. The predicted octanol–water partition coefficient (Wildman–Crippen LogP) is 3.45. The van der Waals surface area contributed by atoms with Crippen LogP contribution in [0.4, 0.5) is 0 Å². The van der Waals surface area contributed by atoms with Crippen LogP contribution in [0.15, 0.2) is 12.1 Å². The number of Topliss-reactive ketones (excluding diaryl/α,β-unsaturated/α-hetero) is 1. The zero-order valence-corrected chi connectivity index (χ0v) is 14.4. The van der Waals surface area contributed by atoms with Gasteiger partial charge in [0.05, 0.1) is 13.2 Å². The average Bonchev–Trinajstić information content (AvgIpc) is 2.39. The molecule has 118 valence electrons. The molecule has 0 aliphatic carbocycles. The van der Waals surface area contributed by atoms with Crippen LogP contribution in [0.3, 0.4) is 0 Å². The maximum atomic E-state index is 12.4. The first-order chi connectivity index (χ1) is 9.76. The van der Waals surface area contributed by atoms with Gasteiger partial charge in [0.15, 0.2) is 5.78 Å². The Bertz CT molecular complexity index is 469.